The first-order valence-corrected chi connectivity index (χ1v) is 12.0. The van der Waals surface area contributed by atoms with Crippen molar-refractivity contribution in [3.8, 4) is 17.1 Å². The van der Waals surface area contributed by atoms with E-state index in [9.17, 15) is 4.79 Å². The number of nitrogens with one attached hydrogen (secondary N) is 2. The molecule has 2 heterocycles. The van der Waals surface area contributed by atoms with E-state index in [1.165, 1.54) is 0 Å². The third kappa shape index (κ3) is 4.28. The molecule has 1 aliphatic carbocycles. The Morgan fingerprint density at radius 1 is 1.23 bits per heavy atom. The van der Waals surface area contributed by atoms with Crippen molar-refractivity contribution >= 4 is 36.3 Å². The predicted molar refractivity (Wildman–Crippen MR) is 120 cm³/mol. The largest absolute Gasteiger partial charge is 0.494 e. The number of aryl methyl sites for hydroxylation is 1. The summed E-state index contributed by atoms with van der Waals surface area (Å²) in [5, 5.41) is 11.9. The molecule has 0 atom stereocenters. The van der Waals surface area contributed by atoms with Crippen LogP contribution in [0, 0.1) is 5.92 Å². The SMILES string of the molecule is COc1c(Nc2cc(NC(=O)C3CC3)ncc2P(C)C)cccc1-c1ncn(C)n1. The molecule has 0 aliphatic heterocycles. The van der Waals surface area contributed by atoms with Gasteiger partial charge in [-0.2, -0.15) is 5.10 Å². The van der Waals surface area contributed by atoms with Crippen LogP contribution in [0.3, 0.4) is 0 Å². The summed E-state index contributed by atoms with van der Waals surface area (Å²) >= 11 is 0. The minimum Gasteiger partial charge on any atom is -0.494 e. The number of carbonyl (C=O) groups is 1. The van der Waals surface area contributed by atoms with E-state index in [0.29, 0.717) is 17.4 Å². The zero-order valence-electron chi connectivity index (χ0n) is 17.5. The van der Waals surface area contributed by atoms with E-state index in [1.807, 2.05) is 37.5 Å². The Hall–Kier alpha value is -2.99. The van der Waals surface area contributed by atoms with Gasteiger partial charge in [0.15, 0.2) is 11.6 Å². The second kappa shape index (κ2) is 8.40. The van der Waals surface area contributed by atoms with Gasteiger partial charge in [0.2, 0.25) is 5.91 Å². The van der Waals surface area contributed by atoms with E-state index >= 15 is 0 Å². The van der Waals surface area contributed by atoms with Crippen molar-refractivity contribution in [2.45, 2.75) is 12.8 Å². The van der Waals surface area contributed by atoms with Gasteiger partial charge in [-0.05, 0) is 38.3 Å². The van der Waals surface area contributed by atoms with Gasteiger partial charge in [-0.25, -0.2) is 9.97 Å². The molecule has 0 saturated heterocycles. The van der Waals surface area contributed by atoms with E-state index in [1.54, 1.807) is 18.1 Å². The number of carbonyl (C=O) groups excluding carboxylic acids is 1. The molecule has 9 heteroatoms. The van der Waals surface area contributed by atoms with Gasteiger partial charge in [0.05, 0.1) is 24.0 Å². The molecule has 0 spiro atoms. The lowest BCUT2D eigenvalue weighted by atomic mass is 10.1. The standard InChI is InChI=1S/C21H25N6O2P/c1-27-12-23-20(26-27)14-6-5-7-15(19(14)29-2)24-16-10-18(22-11-17(16)30(3)4)25-21(28)13-8-9-13/h5-7,10-13H,8-9H2,1-4H3,(H2,22,24,25,28). The summed E-state index contributed by atoms with van der Waals surface area (Å²) in [5.41, 5.74) is 2.50. The summed E-state index contributed by atoms with van der Waals surface area (Å²) in [6.07, 6.45) is 5.41. The lowest BCUT2D eigenvalue weighted by molar-refractivity contribution is -0.117. The summed E-state index contributed by atoms with van der Waals surface area (Å²) in [6.45, 7) is 4.34. The van der Waals surface area contributed by atoms with Crippen LogP contribution in [0.25, 0.3) is 11.4 Å². The Labute approximate surface area is 176 Å². The van der Waals surface area contributed by atoms with Gasteiger partial charge < -0.3 is 15.4 Å². The molecular weight excluding hydrogens is 399 g/mol. The first-order chi connectivity index (χ1) is 14.5. The summed E-state index contributed by atoms with van der Waals surface area (Å²) < 4.78 is 7.37. The van der Waals surface area contributed by atoms with Gasteiger partial charge in [0.1, 0.15) is 12.1 Å². The van der Waals surface area contributed by atoms with Crippen molar-refractivity contribution < 1.29 is 9.53 Å². The highest BCUT2D eigenvalue weighted by atomic mass is 31.1. The average Bonchev–Trinajstić information content (AvgIpc) is 3.49. The number of anilines is 3. The number of hydrogen-bond donors (Lipinski definition) is 2. The molecule has 2 aromatic heterocycles. The Bertz CT molecular complexity index is 1080. The van der Waals surface area contributed by atoms with Gasteiger partial charge in [0.25, 0.3) is 0 Å². The van der Waals surface area contributed by atoms with E-state index in [0.717, 1.165) is 35.1 Å². The molecule has 0 unspecified atom stereocenters. The smallest absolute Gasteiger partial charge is 0.228 e. The number of nitrogens with zero attached hydrogens (tertiary/aromatic N) is 4. The molecule has 1 aromatic carbocycles. The lowest BCUT2D eigenvalue weighted by Crippen LogP contribution is -2.17. The van der Waals surface area contributed by atoms with Crippen LogP contribution in [0.5, 0.6) is 5.75 Å². The zero-order chi connectivity index (χ0) is 21.3. The number of rotatable bonds is 7. The Balaban J connectivity index is 1.69. The van der Waals surface area contributed by atoms with Crippen molar-refractivity contribution in [1.82, 2.24) is 19.7 Å². The normalized spacial score (nSPS) is 13.4. The van der Waals surface area contributed by atoms with Crippen molar-refractivity contribution in [1.29, 1.82) is 0 Å². The molecule has 1 saturated carbocycles. The first-order valence-electron chi connectivity index (χ1n) is 9.74. The second-order valence-electron chi connectivity index (χ2n) is 7.50. The molecular formula is C21H25N6O2P. The number of benzene rings is 1. The molecule has 8 nitrogen and oxygen atoms in total. The molecule has 3 aromatic rings. The van der Waals surface area contributed by atoms with Crippen LogP contribution < -0.4 is 20.7 Å². The van der Waals surface area contributed by atoms with Crippen molar-refractivity contribution in [3.63, 3.8) is 0 Å². The van der Waals surface area contributed by atoms with Crippen LogP contribution in [0.15, 0.2) is 36.8 Å². The molecule has 30 heavy (non-hydrogen) atoms. The number of methoxy groups -OCH3 is 1. The van der Waals surface area contributed by atoms with Gasteiger partial charge in [-0.15, -0.1) is 0 Å². The number of pyridine rings is 1. The van der Waals surface area contributed by atoms with Gasteiger partial charge in [-0.3, -0.25) is 9.48 Å². The van der Waals surface area contributed by atoms with Gasteiger partial charge >= 0.3 is 0 Å². The number of ether oxygens (including phenoxy) is 1. The Morgan fingerprint density at radius 3 is 2.67 bits per heavy atom. The first kappa shape index (κ1) is 20.3. The summed E-state index contributed by atoms with van der Waals surface area (Å²) in [6, 6.07) is 7.71. The fraction of sp³-hybridized carbons (Fsp3) is 0.333. The third-order valence-corrected chi connectivity index (χ3v) is 6.21. The minimum absolute atomic E-state index is 0.0391. The highest BCUT2D eigenvalue weighted by molar-refractivity contribution is 7.64. The maximum atomic E-state index is 12.2. The van der Waals surface area contributed by atoms with E-state index in [4.69, 9.17) is 4.74 Å². The van der Waals surface area contributed by atoms with Crippen molar-refractivity contribution in [3.05, 3.63) is 36.8 Å². The van der Waals surface area contributed by atoms with E-state index in [-0.39, 0.29) is 11.8 Å². The molecule has 0 radical (unpaired) electrons. The average molecular weight is 424 g/mol. The van der Waals surface area contributed by atoms with E-state index < -0.39 is 7.92 Å². The molecule has 2 N–H and O–H groups in total. The molecule has 0 bridgehead atoms. The monoisotopic (exact) mass is 424 g/mol. The Morgan fingerprint density at radius 2 is 2.03 bits per heavy atom. The number of aromatic nitrogens is 4. The summed E-state index contributed by atoms with van der Waals surface area (Å²) in [5.74, 6) is 1.97. The van der Waals surface area contributed by atoms with E-state index in [2.05, 4.69) is 39.0 Å². The molecule has 1 fully saturated rings. The van der Waals surface area contributed by atoms with Crippen LogP contribution in [-0.4, -0.2) is 46.1 Å². The maximum absolute atomic E-state index is 12.2. The number of para-hydroxylation sites is 1. The maximum Gasteiger partial charge on any atom is 0.228 e. The van der Waals surface area contributed by atoms with Crippen molar-refractivity contribution in [2.24, 2.45) is 13.0 Å². The van der Waals surface area contributed by atoms with Crippen LogP contribution in [0.4, 0.5) is 17.2 Å². The number of hydrogen-bond acceptors (Lipinski definition) is 6. The predicted octanol–water partition coefficient (Wildman–Crippen LogP) is 3.34. The minimum atomic E-state index is -0.414. The van der Waals surface area contributed by atoms with Crippen LogP contribution in [-0.2, 0) is 11.8 Å². The lowest BCUT2D eigenvalue weighted by Gasteiger charge is -2.18. The van der Waals surface area contributed by atoms with Gasteiger partial charge in [-0.1, -0.05) is 14.0 Å². The molecule has 4 rings (SSSR count). The van der Waals surface area contributed by atoms with Crippen molar-refractivity contribution in [2.75, 3.05) is 31.1 Å². The molecule has 1 aliphatic rings. The Kier molecular flexibility index (Phi) is 5.68. The molecule has 156 valence electrons. The quantitative estimate of drug-likeness (QED) is 0.565. The fourth-order valence-electron chi connectivity index (χ4n) is 3.19. The molecule has 1 amide bonds. The zero-order valence-corrected chi connectivity index (χ0v) is 18.4. The van der Waals surface area contributed by atoms with Gasteiger partial charge in [0, 0.05) is 30.5 Å². The van der Waals surface area contributed by atoms with Crippen LogP contribution in [0.1, 0.15) is 12.8 Å². The van der Waals surface area contributed by atoms with Crippen LogP contribution >= 0.6 is 7.92 Å². The number of amides is 1. The summed E-state index contributed by atoms with van der Waals surface area (Å²) in [4.78, 5) is 21.0. The van der Waals surface area contributed by atoms with Crippen LogP contribution in [0.2, 0.25) is 0 Å². The highest BCUT2D eigenvalue weighted by Gasteiger charge is 2.30. The fourth-order valence-corrected chi connectivity index (χ4v) is 4.08. The third-order valence-electron chi connectivity index (χ3n) is 4.89. The summed E-state index contributed by atoms with van der Waals surface area (Å²) in [7, 11) is 3.05. The second-order valence-corrected chi connectivity index (χ2v) is 9.77. The topological polar surface area (TPSA) is 94.0 Å². The highest BCUT2D eigenvalue weighted by Crippen LogP contribution is 2.38.